The van der Waals surface area contributed by atoms with Crippen molar-refractivity contribution in [3.8, 4) is 11.7 Å². The number of anilines is 4. The van der Waals surface area contributed by atoms with Crippen LogP contribution in [0.25, 0.3) is 17.0 Å². The second kappa shape index (κ2) is 10.4. The van der Waals surface area contributed by atoms with E-state index in [-0.39, 0.29) is 12.0 Å². The van der Waals surface area contributed by atoms with Gasteiger partial charge in [0.2, 0.25) is 17.8 Å². The van der Waals surface area contributed by atoms with Crippen LogP contribution in [0.4, 0.5) is 28.1 Å². The fraction of sp³-hybridized carbons (Fsp3) is 0.0800. The molecule has 0 radical (unpaired) electrons. The highest BCUT2D eigenvalue weighted by molar-refractivity contribution is 7.98. The van der Waals surface area contributed by atoms with Crippen molar-refractivity contribution in [1.82, 2.24) is 29.2 Å². The third-order valence-electron chi connectivity index (χ3n) is 5.22. The molecule has 5 N–H and O–H groups in total. The van der Waals surface area contributed by atoms with Crippen LogP contribution in [0, 0.1) is 6.92 Å². The molecule has 5 aromatic rings. The molecule has 0 unspecified atom stereocenters. The van der Waals surface area contributed by atoms with Crippen LogP contribution < -0.4 is 25.8 Å². The fourth-order valence-corrected chi connectivity index (χ4v) is 4.18. The van der Waals surface area contributed by atoms with Crippen molar-refractivity contribution in [2.45, 2.75) is 11.8 Å². The van der Waals surface area contributed by atoms with E-state index in [2.05, 4.69) is 30.3 Å². The first-order chi connectivity index (χ1) is 18.0. The van der Waals surface area contributed by atoms with E-state index in [1.165, 1.54) is 11.9 Å². The number of benzene rings is 3. The Morgan fingerprint density at radius 3 is 2.51 bits per heavy atom. The van der Waals surface area contributed by atoms with Crippen molar-refractivity contribution in [2.75, 3.05) is 23.5 Å². The molecule has 0 bridgehead atoms. The summed E-state index contributed by atoms with van der Waals surface area (Å²) in [6, 6.07) is 22.0. The zero-order valence-corrected chi connectivity index (χ0v) is 20.8. The fourth-order valence-electron chi connectivity index (χ4n) is 3.59. The van der Waals surface area contributed by atoms with Crippen molar-refractivity contribution >= 4 is 52.3 Å². The van der Waals surface area contributed by atoms with E-state index >= 15 is 0 Å². The number of nitrogens with one attached hydrogen (secondary N) is 3. The number of nitrogens with two attached hydrogens (primary N) is 1. The number of hydrogen-bond acceptors (Lipinski definition) is 9. The quantitative estimate of drug-likeness (QED) is 0.228. The van der Waals surface area contributed by atoms with Gasteiger partial charge in [0.05, 0.1) is 18.1 Å². The Morgan fingerprint density at radius 1 is 0.946 bits per heavy atom. The molecule has 3 aromatic carbocycles. The largest absolute Gasteiger partial charge is 0.497 e. The molecule has 0 aliphatic heterocycles. The van der Waals surface area contributed by atoms with Crippen LogP contribution >= 0.6 is 11.9 Å². The number of para-hydroxylation sites is 2. The molecule has 2 aromatic heterocycles. The summed E-state index contributed by atoms with van der Waals surface area (Å²) in [6.45, 7) is 1.75. The van der Waals surface area contributed by atoms with Gasteiger partial charge in [0.1, 0.15) is 11.6 Å². The molecule has 0 saturated heterocycles. The van der Waals surface area contributed by atoms with E-state index in [0.717, 1.165) is 27.4 Å². The Morgan fingerprint density at radius 2 is 1.73 bits per heavy atom. The number of urea groups is 1. The van der Waals surface area contributed by atoms with Crippen LogP contribution in [0.15, 0.2) is 77.7 Å². The van der Waals surface area contributed by atoms with Gasteiger partial charge in [-0.2, -0.15) is 15.0 Å². The highest BCUT2D eigenvalue weighted by atomic mass is 32.2. The van der Waals surface area contributed by atoms with Gasteiger partial charge in [0.15, 0.2) is 0 Å². The van der Waals surface area contributed by atoms with E-state index in [1.54, 1.807) is 30.7 Å². The summed E-state index contributed by atoms with van der Waals surface area (Å²) in [5.74, 6) is 2.23. The van der Waals surface area contributed by atoms with E-state index in [9.17, 15) is 4.79 Å². The minimum absolute atomic E-state index is 0.129. The third-order valence-corrected chi connectivity index (χ3v) is 5.99. The number of ether oxygens (including phenoxy) is 1. The maximum atomic E-state index is 12.3. The number of nitrogens with zero attached hydrogens (tertiary/aromatic N) is 5. The van der Waals surface area contributed by atoms with E-state index in [4.69, 9.17) is 15.5 Å². The number of rotatable bonds is 7. The number of amides is 2. The van der Waals surface area contributed by atoms with Gasteiger partial charge < -0.3 is 21.1 Å². The van der Waals surface area contributed by atoms with Crippen LogP contribution in [-0.4, -0.2) is 37.6 Å². The molecule has 0 saturated carbocycles. The predicted molar refractivity (Wildman–Crippen MR) is 144 cm³/mol. The molecule has 37 heavy (non-hydrogen) atoms. The number of nitrogen functional groups attached to an aromatic ring is 1. The van der Waals surface area contributed by atoms with Gasteiger partial charge in [-0.15, -0.1) is 0 Å². The van der Waals surface area contributed by atoms with Gasteiger partial charge >= 0.3 is 6.03 Å². The topological polar surface area (TPSA) is 145 Å². The lowest BCUT2D eigenvalue weighted by Gasteiger charge is -2.11. The maximum absolute atomic E-state index is 12.3. The van der Waals surface area contributed by atoms with Crippen LogP contribution in [0.1, 0.15) is 5.82 Å². The van der Waals surface area contributed by atoms with Crippen molar-refractivity contribution in [3.63, 3.8) is 0 Å². The van der Waals surface area contributed by atoms with Crippen LogP contribution in [0.3, 0.4) is 0 Å². The van der Waals surface area contributed by atoms with Crippen LogP contribution in [0.5, 0.6) is 5.75 Å². The molecular weight excluding hydrogens is 490 g/mol. The van der Waals surface area contributed by atoms with Crippen molar-refractivity contribution in [1.29, 1.82) is 0 Å². The molecule has 11 nitrogen and oxygen atoms in total. The minimum Gasteiger partial charge on any atom is -0.497 e. The van der Waals surface area contributed by atoms with Gasteiger partial charge in [0.25, 0.3) is 0 Å². The lowest BCUT2D eigenvalue weighted by Crippen LogP contribution is -2.22. The normalized spacial score (nSPS) is 10.8. The highest BCUT2D eigenvalue weighted by Crippen LogP contribution is 2.26. The van der Waals surface area contributed by atoms with Crippen LogP contribution in [-0.2, 0) is 0 Å². The summed E-state index contributed by atoms with van der Waals surface area (Å²) in [4.78, 5) is 30.7. The number of hydrogen-bond donors (Lipinski definition) is 4. The Balaban J connectivity index is 1.30. The van der Waals surface area contributed by atoms with Gasteiger partial charge in [0, 0.05) is 16.3 Å². The van der Waals surface area contributed by atoms with E-state index in [0.29, 0.717) is 23.4 Å². The van der Waals surface area contributed by atoms with Gasteiger partial charge in [-0.05, 0) is 73.5 Å². The smallest absolute Gasteiger partial charge is 0.329 e. The van der Waals surface area contributed by atoms with Gasteiger partial charge in [-0.25, -0.2) is 14.3 Å². The summed E-state index contributed by atoms with van der Waals surface area (Å²) >= 11 is 1.20. The second-order valence-corrected chi connectivity index (χ2v) is 8.72. The first-order valence-electron chi connectivity index (χ1n) is 11.2. The molecule has 5 rings (SSSR count). The Labute approximate surface area is 216 Å². The third kappa shape index (κ3) is 5.54. The second-order valence-electron chi connectivity index (χ2n) is 7.84. The Bertz CT molecular complexity index is 1550. The first-order valence-corrected chi connectivity index (χ1v) is 12.0. The van der Waals surface area contributed by atoms with Gasteiger partial charge in [-0.3, -0.25) is 4.72 Å². The van der Waals surface area contributed by atoms with Gasteiger partial charge in [-0.1, -0.05) is 18.2 Å². The maximum Gasteiger partial charge on any atom is 0.329 e. The number of aromatic nitrogens is 5. The Hall–Kier alpha value is -4.84. The number of carbonyl (C=O) groups excluding carboxylic acids is 1. The lowest BCUT2D eigenvalue weighted by molar-refractivity contribution is 0.257. The molecule has 0 atom stereocenters. The Kier molecular flexibility index (Phi) is 6.72. The first kappa shape index (κ1) is 23.9. The molecule has 2 amide bonds. The monoisotopic (exact) mass is 513 g/mol. The number of methoxy groups -OCH3 is 1. The summed E-state index contributed by atoms with van der Waals surface area (Å²) in [5.41, 5.74) is 8.84. The van der Waals surface area contributed by atoms with E-state index < -0.39 is 0 Å². The highest BCUT2D eigenvalue weighted by Gasteiger charge is 2.16. The summed E-state index contributed by atoms with van der Waals surface area (Å²) in [6.07, 6.45) is 0. The molecule has 12 heteroatoms. The molecule has 2 heterocycles. The summed E-state index contributed by atoms with van der Waals surface area (Å²) in [5, 5.41) is 6.12. The number of imidazole rings is 1. The zero-order chi connectivity index (χ0) is 25.8. The van der Waals surface area contributed by atoms with E-state index in [1.807, 2.05) is 60.7 Å². The summed E-state index contributed by atoms with van der Waals surface area (Å²) < 4.78 is 9.75. The van der Waals surface area contributed by atoms with Crippen molar-refractivity contribution in [2.24, 2.45) is 0 Å². The lowest BCUT2D eigenvalue weighted by atomic mass is 10.3. The summed E-state index contributed by atoms with van der Waals surface area (Å²) in [7, 11) is 1.60. The average Bonchev–Trinajstić information content (AvgIpc) is 3.26. The number of aryl methyl sites for hydroxylation is 1. The zero-order valence-electron chi connectivity index (χ0n) is 20.0. The average molecular weight is 514 g/mol. The number of carbonyl (C=O) groups is 1. The molecule has 186 valence electrons. The molecule has 0 aliphatic rings. The molecule has 0 spiro atoms. The molecular formula is C25H23N9O2S. The van der Waals surface area contributed by atoms with Crippen molar-refractivity contribution < 1.29 is 9.53 Å². The number of fused-ring (bicyclic) bond motifs is 1. The standard InChI is InChI=1S/C25H23N9O2S/c1-15-27-22(26)32-23(28-15)34-21-9-4-3-8-20(21)31-24(34)29-16-10-12-17(13-11-16)30-25(35)33-37-19-7-5-6-18(14-19)36-2/h3-14H,1-2H3,(H,29,31)(H2,30,33,35)(H2,26,27,28,32). The van der Waals surface area contributed by atoms with Crippen LogP contribution in [0.2, 0.25) is 0 Å². The molecule has 0 fully saturated rings. The predicted octanol–water partition coefficient (Wildman–Crippen LogP) is 4.68. The van der Waals surface area contributed by atoms with Crippen molar-refractivity contribution in [3.05, 3.63) is 78.6 Å². The SMILES string of the molecule is COc1cccc(SNC(=O)Nc2ccc(Nc3nc4ccccc4n3-c3nc(C)nc(N)n3)cc2)c1. The minimum atomic E-state index is -0.349. The molecule has 0 aliphatic carbocycles.